The molecule has 3 rings (SSSR count). The van der Waals surface area contributed by atoms with Gasteiger partial charge < -0.3 is 28.8 Å². The van der Waals surface area contributed by atoms with Crippen LogP contribution in [0.5, 0.6) is 11.5 Å². The summed E-state index contributed by atoms with van der Waals surface area (Å²) in [6, 6.07) is 7.70. The second-order valence-corrected chi connectivity index (χ2v) is 8.94. The second-order valence-electron chi connectivity index (χ2n) is 8.94. The van der Waals surface area contributed by atoms with Crippen molar-refractivity contribution in [2.45, 2.75) is 40.2 Å². The fourth-order valence-corrected chi connectivity index (χ4v) is 4.17. The van der Waals surface area contributed by atoms with E-state index in [9.17, 15) is 14.7 Å². The Kier molecular flexibility index (Phi) is 8.98. The molecular weight excluding hydrogens is 448 g/mol. The largest absolute Gasteiger partial charge is 0.503 e. The van der Waals surface area contributed by atoms with E-state index in [-0.39, 0.29) is 11.3 Å². The van der Waals surface area contributed by atoms with E-state index < -0.39 is 23.5 Å². The first-order valence-corrected chi connectivity index (χ1v) is 12.2. The van der Waals surface area contributed by atoms with Crippen molar-refractivity contribution in [2.75, 3.05) is 39.9 Å². The standard InChI is InChI=1S/C27H36N2O6/c1-6-28(7-2)13-14-29-24(23(26(31)27(29)32)25(30)21-9-8-15-34-21)19-10-11-20(22(17-19)33-5)35-16-12-18(3)4/h8-11,15,17-18,24,31H,6-7,12-14,16H2,1-5H3. The van der Waals surface area contributed by atoms with E-state index in [2.05, 4.69) is 32.6 Å². The number of carbonyl (C=O) groups excluding carboxylic acids is 2. The zero-order valence-electron chi connectivity index (χ0n) is 21.2. The molecule has 1 N–H and O–H groups in total. The first-order valence-electron chi connectivity index (χ1n) is 12.2. The highest BCUT2D eigenvalue weighted by Gasteiger charge is 2.44. The smallest absolute Gasteiger partial charge is 0.290 e. The average Bonchev–Trinajstić information content (AvgIpc) is 3.47. The first-order chi connectivity index (χ1) is 16.8. The van der Waals surface area contributed by atoms with Gasteiger partial charge in [-0.2, -0.15) is 0 Å². The van der Waals surface area contributed by atoms with Gasteiger partial charge in [0.1, 0.15) is 0 Å². The van der Waals surface area contributed by atoms with E-state index in [1.807, 2.05) is 6.07 Å². The van der Waals surface area contributed by atoms with Crippen LogP contribution in [0.1, 0.15) is 56.3 Å². The molecule has 0 radical (unpaired) electrons. The van der Waals surface area contributed by atoms with Crippen LogP contribution >= 0.6 is 0 Å². The third kappa shape index (κ3) is 5.88. The monoisotopic (exact) mass is 484 g/mol. The quantitative estimate of drug-likeness (QED) is 0.414. The Balaban J connectivity index is 1.99. The minimum Gasteiger partial charge on any atom is -0.503 e. The summed E-state index contributed by atoms with van der Waals surface area (Å²) in [5, 5.41) is 10.8. The topological polar surface area (TPSA) is 92.5 Å². The maximum atomic E-state index is 13.3. The minimum atomic E-state index is -0.783. The molecule has 1 aliphatic rings. The van der Waals surface area contributed by atoms with Crippen LogP contribution in [0, 0.1) is 5.92 Å². The lowest BCUT2D eigenvalue weighted by Gasteiger charge is -2.29. The number of benzene rings is 1. The molecule has 35 heavy (non-hydrogen) atoms. The number of ketones is 1. The molecule has 8 nitrogen and oxygen atoms in total. The predicted octanol–water partition coefficient (Wildman–Crippen LogP) is 4.63. The van der Waals surface area contributed by atoms with Crippen LogP contribution in [-0.4, -0.2) is 66.5 Å². The number of hydrogen-bond acceptors (Lipinski definition) is 7. The van der Waals surface area contributed by atoms with E-state index in [1.165, 1.54) is 17.2 Å². The summed E-state index contributed by atoms with van der Waals surface area (Å²) in [6.45, 7) is 11.5. The van der Waals surface area contributed by atoms with Crippen molar-refractivity contribution in [2.24, 2.45) is 5.92 Å². The number of methoxy groups -OCH3 is 1. The minimum absolute atomic E-state index is 0.0000242. The molecule has 2 aromatic rings. The molecule has 1 aliphatic heterocycles. The molecule has 0 saturated carbocycles. The molecular formula is C27H36N2O6. The number of carbonyl (C=O) groups is 2. The van der Waals surface area contributed by atoms with Gasteiger partial charge in [-0.1, -0.05) is 33.8 Å². The van der Waals surface area contributed by atoms with Gasteiger partial charge in [0.05, 0.1) is 31.6 Å². The van der Waals surface area contributed by atoms with Gasteiger partial charge in [0, 0.05) is 13.1 Å². The van der Waals surface area contributed by atoms with E-state index in [0.717, 1.165) is 19.5 Å². The maximum absolute atomic E-state index is 13.3. The molecule has 0 saturated heterocycles. The molecule has 0 spiro atoms. The van der Waals surface area contributed by atoms with Crippen LogP contribution in [0.15, 0.2) is 52.3 Å². The van der Waals surface area contributed by atoms with Crippen LogP contribution in [0.2, 0.25) is 0 Å². The average molecular weight is 485 g/mol. The van der Waals surface area contributed by atoms with Crippen LogP contribution < -0.4 is 9.47 Å². The van der Waals surface area contributed by atoms with Crippen LogP contribution in [0.4, 0.5) is 0 Å². The molecule has 2 heterocycles. The lowest BCUT2D eigenvalue weighted by atomic mass is 9.94. The Morgan fingerprint density at radius 1 is 1.20 bits per heavy atom. The highest BCUT2D eigenvalue weighted by atomic mass is 16.5. The number of nitrogens with zero attached hydrogens (tertiary/aromatic N) is 2. The molecule has 0 bridgehead atoms. The summed E-state index contributed by atoms with van der Waals surface area (Å²) >= 11 is 0. The Hall–Kier alpha value is -3.26. The number of hydrogen-bond donors (Lipinski definition) is 1. The van der Waals surface area contributed by atoms with Gasteiger partial charge in [-0.3, -0.25) is 9.59 Å². The third-order valence-electron chi connectivity index (χ3n) is 6.30. The summed E-state index contributed by atoms with van der Waals surface area (Å²) in [6.07, 6.45) is 2.29. The van der Waals surface area contributed by atoms with Crippen LogP contribution in [0.25, 0.3) is 0 Å². The number of ether oxygens (including phenoxy) is 2. The van der Waals surface area contributed by atoms with Gasteiger partial charge in [0.2, 0.25) is 5.78 Å². The highest BCUT2D eigenvalue weighted by Crippen LogP contribution is 2.41. The van der Waals surface area contributed by atoms with Crippen molar-refractivity contribution < 1.29 is 28.6 Å². The Morgan fingerprint density at radius 2 is 1.94 bits per heavy atom. The molecule has 1 amide bonds. The second kappa shape index (κ2) is 11.9. The zero-order chi connectivity index (χ0) is 25.5. The van der Waals surface area contributed by atoms with Crippen molar-refractivity contribution in [1.29, 1.82) is 0 Å². The van der Waals surface area contributed by atoms with E-state index in [0.29, 0.717) is 42.7 Å². The summed E-state index contributed by atoms with van der Waals surface area (Å²) in [7, 11) is 1.55. The summed E-state index contributed by atoms with van der Waals surface area (Å²) in [5.74, 6) is 0.0115. The molecule has 1 aromatic heterocycles. The number of aliphatic hydroxyl groups excluding tert-OH is 1. The van der Waals surface area contributed by atoms with Crippen LogP contribution in [0.3, 0.4) is 0 Å². The number of Topliss-reactive ketones (excluding diaryl/α,β-unsaturated/α-hetero) is 1. The number of rotatable bonds is 13. The number of furan rings is 1. The zero-order valence-corrected chi connectivity index (χ0v) is 21.2. The van der Waals surface area contributed by atoms with Crippen molar-refractivity contribution in [3.8, 4) is 11.5 Å². The van der Waals surface area contributed by atoms with Gasteiger partial charge >= 0.3 is 0 Å². The summed E-state index contributed by atoms with van der Waals surface area (Å²) in [4.78, 5) is 30.2. The Morgan fingerprint density at radius 3 is 2.54 bits per heavy atom. The third-order valence-corrected chi connectivity index (χ3v) is 6.30. The molecule has 0 aliphatic carbocycles. The van der Waals surface area contributed by atoms with Gasteiger partial charge in [0.25, 0.3) is 5.91 Å². The summed E-state index contributed by atoms with van der Waals surface area (Å²) in [5.41, 5.74) is 0.643. The van der Waals surface area contributed by atoms with Gasteiger partial charge in [-0.25, -0.2) is 0 Å². The Bertz CT molecular complexity index is 1040. The first kappa shape index (κ1) is 26.3. The molecule has 190 valence electrons. The van der Waals surface area contributed by atoms with Crippen molar-refractivity contribution >= 4 is 11.7 Å². The van der Waals surface area contributed by atoms with Gasteiger partial charge in [0.15, 0.2) is 23.0 Å². The highest BCUT2D eigenvalue weighted by molar-refractivity contribution is 6.15. The number of aliphatic hydroxyl groups is 1. The van der Waals surface area contributed by atoms with E-state index in [1.54, 1.807) is 25.3 Å². The lowest BCUT2D eigenvalue weighted by Crippen LogP contribution is -2.38. The SMILES string of the molecule is CCN(CC)CCN1C(=O)C(O)=C(C(=O)c2ccco2)C1c1ccc(OCCC(C)C)c(OC)c1. The van der Waals surface area contributed by atoms with Crippen molar-refractivity contribution in [3.05, 3.63) is 59.3 Å². The van der Waals surface area contributed by atoms with Gasteiger partial charge in [-0.15, -0.1) is 0 Å². The fraction of sp³-hybridized carbons (Fsp3) is 0.481. The molecule has 8 heteroatoms. The van der Waals surface area contributed by atoms with Gasteiger partial charge in [-0.05, 0) is 55.3 Å². The molecule has 1 unspecified atom stereocenters. The Labute approximate surface area is 207 Å². The fourth-order valence-electron chi connectivity index (χ4n) is 4.17. The maximum Gasteiger partial charge on any atom is 0.290 e. The van der Waals surface area contributed by atoms with Crippen molar-refractivity contribution in [1.82, 2.24) is 9.80 Å². The number of amides is 1. The molecule has 1 atom stereocenters. The molecule has 1 aromatic carbocycles. The lowest BCUT2D eigenvalue weighted by molar-refractivity contribution is -0.129. The van der Waals surface area contributed by atoms with E-state index in [4.69, 9.17) is 13.9 Å². The van der Waals surface area contributed by atoms with Crippen molar-refractivity contribution in [3.63, 3.8) is 0 Å². The van der Waals surface area contributed by atoms with E-state index >= 15 is 0 Å². The normalized spacial score (nSPS) is 16.0. The summed E-state index contributed by atoms with van der Waals surface area (Å²) < 4.78 is 16.8. The predicted molar refractivity (Wildman–Crippen MR) is 133 cm³/mol. The molecule has 0 fully saturated rings. The van der Waals surface area contributed by atoms with Crippen LogP contribution in [-0.2, 0) is 4.79 Å². The number of likely N-dealkylation sites (N-methyl/N-ethyl adjacent to an activating group) is 1.